The van der Waals surface area contributed by atoms with Crippen LogP contribution in [0, 0.1) is 0 Å². The maximum atomic E-state index is 14.9. The lowest BCUT2D eigenvalue weighted by molar-refractivity contribution is -0.134. The smallest absolute Gasteiger partial charge is 0.292 e. The summed E-state index contributed by atoms with van der Waals surface area (Å²) in [5.74, 6) is 0.439. The van der Waals surface area contributed by atoms with Crippen LogP contribution in [0.25, 0.3) is 11.1 Å². The summed E-state index contributed by atoms with van der Waals surface area (Å²) in [6.45, 7) is 1.86. The Kier molecular flexibility index (Phi) is 6.86. The molecule has 174 valence electrons. The number of anilines is 1. The molecule has 0 atom stereocenters. The van der Waals surface area contributed by atoms with E-state index in [-0.39, 0.29) is 22.2 Å². The zero-order valence-electron chi connectivity index (χ0n) is 17.7. The maximum absolute atomic E-state index is 14.9. The van der Waals surface area contributed by atoms with Crippen molar-refractivity contribution < 1.29 is 27.2 Å². The maximum Gasteiger partial charge on any atom is 0.292 e. The van der Waals surface area contributed by atoms with Gasteiger partial charge in [-0.05, 0) is 23.8 Å². The van der Waals surface area contributed by atoms with Crippen molar-refractivity contribution in [3.8, 4) is 16.9 Å². The fourth-order valence-corrected chi connectivity index (χ4v) is 5.28. The Balaban J connectivity index is 1.49. The van der Waals surface area contributed by atoms with Gasteiger partial charge in [-0.2, -0.15) is 8.42 Å². The van der Waals surface area contributed by atoms with Gasteiger partial charge in [-0.3, -0.25) is 4.79 Å². The number of hydrogen-bond donors (Lipinski definition) is 0. The van der Waals surface area contributed by atoms with Gasteiger partial charge in [-0.1, -0.05) is 50.7 Å². The second kappa shape index (κ2) is 9.81. The van der Waals surface area contributed by atoms with Crippen molar-refractivity contribution in [1.29, 1.82) is 0 Å². The zero-order valence-corrected chi connectivity index (χ0v) is 19.3. The van der Waals surface area contributed by atoms with E-state index in [4.69, 9.17) is 9.47 Å². The largest absolute Gasteiger partial charge is 0.496 e. The highest BCUT2D eigenvalue weighted by Crippen LogP contribution is 2.32. The molecule has 9 nitrogen and oxygen atoms in total. The Bertz CT molecular complexity index is 1230. The summed E-state index contributed by atoms with van der Waals surface area (Å²) in [7, 11) is -2.97. The minimum Gasteiger partial charge on any atom is -0.496 e. The molecule has 0 spiro atoms. The van der Waals surface area contributed by atoms with Gasteiger partial charge in [-0.15, -0.1) is 10.2 Å². The first-order chi connectivity index (χ1) is 15.9. The van der Waals surface area contributed by atoms with Gasteiger partial charge in [0.1, 0.15) is 10.8 Å². The molecule has 2 heterocycles. The Hall–Kier alpha value is -3.09. The molecule has 1 amide bonds. The molecule has 0 aliphatic carbocycles. The number of aromatic nitrogens is 2. The zero-order chi connectivity index (χ0) is 23.4. The van der Waals surface area contributed by atoms with Gasteiger partial charge in [0.2, 0.25) is 5.91 Å². The molecule has 0 N–H and O–H groups in total. The summed E-state index contributed by atoms with van der Waals surface area (Å²) < 4.78 is 50.5. The second-order valence-corrected chi connectivity index (χ2v) is 9.88. The summed E-state index contributed by atoms with van der Waals surface area (Å²) in [6.07, 6.45) is -0.0842. The first-order valence-corrected chi connectivity index (χ1v) is 12.3. The van der Waals surface area contributed by atoms with Crippen LogP contribution in [0.15, 0.2) is 53.4 Å². The van der Waals surface area contributed by atoms with Crippen molar-refractivity contribution in [3.63, 3.8) is 0 Å². The second-order valence-electron chi connectivity index (χ2n) is 7.09. The topological polar surface area (TPSA) is 102 Å². The molecule has 33 heavy (non-hydrogen) atoms. The van der Waals surface area contributed by atoms with Crippen molar-refractivity contribution >= 4 is 32.4 Å². The van der Waals surface area contributed by atoms with Crippen molar-refractivity contribution in [2.45, 2.75) is 11.3 Å². The normalized spacial score (nSPS) is 14.2. The Labute approximate surface area is 194 Å². The van der Waals surface area contributed by atoms with Gasteiger partial charge >= 0.3 is 0 Å². The number of hydrogen-bond acceptors (Lipinski definition) is 8. The summed E-state index contributed by atoms with van der Waals surface area (Å²) in [6, 6.07) is 13.1. The Morgan fingerprint density at radius 1 is 1.15 bits per heavy atom. The van der Waals surface area contributed by atoms with Gasteiger partial charge in [0.15, 0.2) is 0 Å². The standard InChI is InChI=1S/C21H21FN4O5S2/c1-30-18-5-3-2-4-17(18)15-6-8-16(9-7-15)33(28,29)26(22)21-24-23-19(32-21)14-20(27)25-10-12-31-13-11-25/h2-9H,10-14H2,1H3. The van der Waals surface area contributed by atoms with E-state index in [1.807, 2.05) is 18.2 Å². The lowest BCUT2D eigenvalue weighted by Crippen LogP contribution is -2.41. The number of carbonyl (C=O) groups is 1. The number of methoxy groups -OCH3 is 1. The molecule has 0 unspecified atom stereocenters. The molecule has 12 heteroatoms. The number of sulfonamides is 1. The number of morpholine rings is 1. The van der Waals surface area contributed by atoms with Gasteiger partial charge in [0, 0.05) is 18.7 Å². The van der Waals surface area contributed by atoms with E-state index < -0.39 is 19.7 Å². The number of amides is 1. The van der Waals surface area contributed by atoms with Crippen molar-refractivity contribution in [2.75, 3.05) is 37.9 Å². The lowest BCUT2D eigenvalue weighted by Gasteiger charge is -2.26. The average molecular weight is 493 g/mol. The molecular formula is C21H21FN4O5S2. The van der Waals surface area contributed by atoms with E-state index in [2.05, 4.69) is 10.2 Å². The molecule has 1 saturated heterocycles. The average Bonchev–Trinajstić information content (AvgIpc) is 3.32. The highest BCUT2D eigenvalue weighted by molar-refractivity contribution is 7.92. The number of ether oxygens (including phenoxy) is 2. The van der Waals surface area contributed by atoms with Crippen LogP contribution in [0.4, 0.5) is 9.61 Å². The van der Waals surface area contributed by atoms with E-state index in [9.17, 15) is 17.7 Å². The third-order valence-electron chi connectivity index (χ3n) is 5.05. The predicted octanol–water partition coefficient (Wildman–Crippen LogP) is 2.69. The van der Waals surface area contributed by atoms with Crippen LogP contribution < -0.4 is 9.26 Å². The summed E-state index contributed by atoms with van der Waals surface area (Å²) >= 11 is 0.714. The molecular weight excluding hydrogens is 471 g/mol. The van der Waals surface area contributed by atoms with Crippen LogP contribution in [0.5, 0.6) is 5.75 Å². The van der Waals surface area contributed by atoms with Crippen LogP contribution in [0.2, 0.25) is 0 Å². The minimum atomic E-state index is -4.51. The van der Waals surface area contributed by atoms with Crippen LogP contribution in [0.1, 0.15) is 5.01 Å². The van der Waals surface area contributed by atoms with Gasteiger partial charge < -0.3 is 14.4 Å². The van der Waals surface area contributed by atoms with E-state index in [0.29, 0.717) is 43.4 Å². The molecule has 1 aliphatic heterocycles. The van der Waals surface area contributed by atoms with Gasteiger partial charge in [0.25, 0.3) is 15.2 Å². The van der Waals surface area contributed by atoms with E-state index >= 15 is 0 Å². The van der Waals surface area contributed by atoms with Gasteiger partial charge in [0.05, 0.1) is 31.6 Å². The quantitative estimate of drug-likeness (QED) is 0.467. The summed E-state index contributed by atoms with van der Waals surface area (Å²) in [4.78, 5) is 13.7. The summed E-state index contributed by atoms with van der Waals surface area (Å²) in [5.41, 5.74) is 1.50. The molecule has 0 radical (unpaired) electrons. The number of halogens is 1. The molecule has 0 bridgehead atoms. The molecule has 4 rings (SSSR count). The van der Waals surface area contributed by atoms with Crippen LogP contribution >= 0.6 is 11.3 Å². The minimum absolute atomic E-state index is 0.0842. The molecule has 1 fully saturated rings. The third-order valence-corrected chi connectivity index (χ3v) is 7.52. The van der Waals surface area contributed by atoms with Crippen molar-refractivity contribution in [1.82, 2.24) is 15.1 Å². The third kappa shape index (κ3) is 4.97. The first kappa shape index (κ1) is 23.1. The summed E-state index contributed by atoms with van der Waals surface area (Å²) in [5, 5.41) is 7.17. The predicted molar refractivity (Wildman–Crippen MR) is 120 cm³/mol. The molecule has 1 aliphatic rings. The number of nitrogens with zero attached hydrogens (tertiary/aromatic N) is 4. The fourth-order valence-electron chi connectivity index (χ4n) is 3.33. The molecule has 1 aromatic heterocycles. The molecule has 0 saturated carbocycles. The van der Waals surface area contributed by atoms with Crippen molar-refractivity contribution in [2.24, 2.45) is 0 Å². The number of benzene rings is 2. The van der Waals surface area contributed by atoms with Gasteiger partial charge in [-0.25, -0.2) is 0 Å². The van der Waals surface area contributed by atoms with Crippen molar-refractivity contribution in [3.05, 3.63) is 53.5 Å². The molecule has 2 aromatic carbocycles. The first-order valence-electron chi connectivity index (χ1n) is 10.0. The number of carbonyl (C=O) groups excluding carboxylic acids is 1. The Morgan fingerprint density at radius 3 is 2.55 bits per heavy atom. The monoisotopic (exact) mass is 492 g/mol. The SMILES string of the molecule is COc1ccccc1-c1ccc(S(=O)(=O)N(F)c2nnc(CC(=O)N3CCOCC3)s2)cc1. The Morgan fingerprint density at radius 2 is 1.85 bits per heavy atom. The number of rotatable bonds is 7. The number of para-hydroxylation sites is 1. The van der Waals surface area contributed by atoms with Crippen LogP contribution in [-0.2, 0) is 26.0 Å². The van der Waals surface area contributed by atoms with E-state index in [1.165, 1.54) is 12.1 Å². The molecule has 3 aromatic rings. The van der Waals surface area contributed by atoms with Crippen LogP contribution in [0.3, 0.4) is 0 Å². The lowest BCUT2D eigenvalue weighted by atomic mass is 10.1. The van der Waals surface area contributed by atoms with Crippen LogP contribution in [-0.4, -0.2) is 62.8 Å². The van der Waals surface area contributed by atoms with E-state index in [1.54, 1.807) is 30.2 Å². The fraction of sp³-hybridized carbons (Fsp3) is 0.286. The highest BCUT2D eigenvalue weighted by Gasteiger charge is 2.29. The van der Waals surface area contributed by atoms with E-state index in [0.717, 1.165) is 11.1 Å². The highest BCUT2D eigenvalue weighted by atomic mass is 32.2.